The molecule has 1 atom stereocenters. The highest BCUT2D eigenvalue weighted by Gasteiger charge is 2.15. The van der Waals surface area contributed by atoms with Crippen LogP contribution in [0.3, 0.4) is 0 Å². The van der Waals surface area contributed by atoms with Gasteiger partial charge in [0.15, 0.2) is 5.65 Å². The molecule has 0 radical (unpaired) electrons. The Morgan fingerprint density at radius 1 is 1.14 bits per heavy atom. The first-order valence-electron chi connectivity index (χ1n) is 9.25. The lowest BCUT2D eigenvalue weighted by atomic mass is 10.2. The zero-order valence-corrected chi connectivity index (χ0v) is 16.8. The van der Waals surface area contributed by atoms with Gasteiger partial charge in [-0.3, -0.25) is 0 Å². The largest absolute Gasteiger partial charge is 0.497 e. The average molecular weight is 376 g/mol. The van der Waals surface area contributed by atoms with Gasteiger partial charge in [0, 0.05) is 35.2 Å². The summed E-state index contributed by atoms with van der Waals surface area (Å²) in [5.41, 5.74) is 5.96. The van der Waals surface area contributed by atoms with Crippen molar-refractivity contribution in [1.29, 1.82) is 0 Å². The molecule has 3 heterocycles. The van der Waals surface area contributed by atoms with Crippen molar-refractivity contribution in [3.05, 3.63) is 65.2 Å². The van der Waals surface area contributed by atoms with Crippen LogP contribution in [0.4, 0.5) is 5.82 Å². The topological polar surface area (TPSA) is 69.3 Å². The fraction of sp³-hybridized carbons (Fsp3) is 0.286. The van der Waals surface area contributed by atoms with Crippen LogP contribution in [0.2, 0.25) is 0 Å². The van der Waals surface area contributed by atoms with E-state index < -0.39 is 0 Å². The molecule has 4 rings (SSSR count). The molecule has 3 aromatic heterocycles. The van der Waals surface area contributed by atoms with E-state index >= 15 is 0 Å². The highest BCUT2D eigenvalue weighted by atomic mass is 16.5. The summed E-state index contributed by atoms with van der Waals surface area (Å²) < 4.78 is 9.03. The van der Waals surface area contributed by atoms with E-state index in [1.807, 2.05) is 65.8 Å². The molecule has 0 amide bonds. The minimum absolute atomic E-state index is 0.0502. The van der Waals surface area contributed by atoms with Crippen molar-refractivity contribution in [3.8, 4) is 11.4 Å². The summed E-state index contributed by atoms with van der Waals surface area (Å²) in [6.07, 6.45) is 3.90. The average Bonchev–Trinajstić information content (AvgIpc) is 3.29. The van der Waals surface area contributed by atoms with Crippen LogP contribution in [-0.2, 0) is 0 Å². The highest BCUT2D eigenvalue weighted by molar-refractivity contribution is 5.56. The number of nitrogens with zero attached hydrogens (tertiary/aromatic N) is 5. The molecule has 7 heteroatoms. The molecule has 7 nitrogen and oxygen atoms in total. The van der Waals surface area contributed by atoms with Gasteiger partial charge in [-0.25, -0.2) is 9.67 Å². The summed E-state index contributed by atoms with van der Waals surface area (Å²) in [5, 5.41) is 12.7. The quantitative estimate of drug-likeness (QED) is 0.570. The first kappa shape index (κ1) is 18.0. The van der Waals surface area contributed by atoms with Crippen LogP contribution in [0.15, 0.2) is 42.7 Å². The number of hydrogen-bond donors (Lipinski definition) is 1. The first-order chi connectivity index (χ1) is 13.5. The summed E-state index contributed by atoms with van der Waals surface area (Å²) in [6.45, 7) is 8.16. The number of aromatic nitrogens is 5. The number of rotatable bonds is 5. The number of aryl methyl sites for hydroxylation is 3. The molecule has 4 aromatic rings. The number of benzene rings is 1. The number of anilines is 1. The van der Waals surface area contributed by atoms with Gasteiger partial charge < -0.3 is 10.1 Å². The predicted octanol–water partition coefficient (Wildman–Crippen LogP) is 4.02. The second-order valence-electron chi connectivity index (χ2n) is 7.01. The fourth-order valence-electron chi connectivity index (χ4n) is 3.21. The van der Waals surface area contributed by atoms with E-state index in [-0.39, 0.29) is 6.04 Å². The molecule has 0 saturated carbocycles. The standard InChI is InChI=1S/C21H24N6O/c1-13-9-20(27-21(23-13)14(2)15(3)25-27)24-16(4)17-11-22-26(12-17)18-7-6-8-19(10-18)28-5/h6-12,16,24H,1-5H3/t16-/m1/s1. The van der Waals surface area contributed by atoms with Crippen LogP contribution in [0.25, 0.3) is 11.3 Å². The van der Waals surface area contributed by atoms with Gasteiger partial charge in [0.2, 0.25) is 0 Å². The Morgan fingerprint density at radius 2 is 1.96 bits per heavy atom. The van der Waals surface area contributed by atoms with Gasteiger partial charge in [0.1, 0.15) is 11.6 Å². The molecule has 0 aliphatic heterocycles. The Hall–Kier alpha value is -3.35. The first-order valence-corrected chi connectivity index (χ1v) is 9.25. The molecule has 28 heavy (non-hydrogen) atoms. The second kappa shape index (κ2) is 6.99. The normalized spacial score (nSPS) is 12.3. The molecule has 0 fully saturated rings. The van der Waals surface area contributed by atoms with Gasteiger partial charge in [0.05, 0.1) is 30.7 Å². The smallest absolute Gasteiger partial charge is 0.160 e. The molecular weight excluding hydrogens is 352 g/mol. The van der Waals surface area contributed by atoms with Crippen LogP contribution in [0.5, 0.6) is 5.75 Å². The SMILES string of the molecule is COc1cccc(-n2cc([C@@H](C)Nc3cc(C)nc4c(C)c(C)nn34)cn2)c1. The minimum Gasteiger partial charge on any atom is -0.497 e. The summed E-state index contributed by atoms with van der Waals surface area (Å²) in [5.74, 6) is 1.72. The molecule has 144 valence electrons. The van der Waals surface area contributed by atoms with E-state index in [1.54, 1.807) is 7.11 Å². The lowest BCUT2D eigenvalue weighted by Gasteiger charge is -2.15. The summed E-state index contributed by atoms with van der Waals surface area (Å²) in [6, 6.07) is 9.90. The zero-order valence-electron chi connectivity index (χ0n) is 16.8. The monoisotopic (exact) mass is 376 g/mol. The third-order valence-corrected chi connectivity index (χ3v) is 4.97. The summed E-state index contributed by atoms with van der Waals surface area (Å²) in [4.78, 5) is 4.63. The zero-order chi connectivity index (χ0) is 19.8. The van der Waals surface area contributed by atoms with Gasteiger partial charge in [-0.05, 0) is 39.8 Å². The van der Waals surface area contributed by atoms with Gasteiger partial charge in [0.25, 0.3) is 0 Å². The van der Waals surface area contributed by atoms with Crippen molar-refractivity contribution in [1.82, 2.24) is 24.4 Å². The molecule has 1 N–H and O–H groups in total. The number of ether oxygens (including phenoxy) is 1. The Kier molecular flexibility index (Phi) is 4.50. The third-order valence-electron chi connectivity index (χ3n) is 4.97. The van der Waals surface area contributed by atoms with Crippen LogP contribution >= 0.6 is 0 Å². The van der Waals surface area contributed by atoms with Gasteiger partial charge in [-0.2, -0.15) is 14.7 Å². The van der Waals surface area contributed by atoms with Crippen molar-refractivity contribution in [2.45, 2.75) is 33.7 Å². The summed E-state index contributed by atoms with van der Waals surface area (Å²) >= 11 is 0. The van der Waals surface area contributed by atoms with E-state index in [2.05, 4.69) is 34.3 Å². The van der Waals surface area contributed by atoms with E-state index in [0.717, 1.165) is 45.4 Å². The molecular formula is C21H24N6O. The number of fused-ring (bicyclic) bond motifs is 1. The number of methoxy groups -OCH3 is 1. The maximum Gasteiger partial charge on any atom is 0.160 e. The number of nitrogens with one attached hydrogen (secondary N) is 1. The maximum absolute atomic E-state index is 5.30. The Labute approximate surface area is 164 Å². The molecule has 0 bridgehead atoms. The summed E-state index contributed by atoms with van der Waals surface area (Å²) in [7, 11) is 1.66. The van der Waals surface area contributed by atoms with Gasteiger partial charge in [-0.15, -0.1) is 0 Å². The lowest BCUT2D eigenvalue weighted by Crippen LogP contribution is -2.11. The van der Waals surface area contributed by atoms with Crippen molar-refractivity contribution in [2.24, 2.45) is 0 Å². The molecule has 0 spiro atoms. The lowest BCUT2D eigenvalue weighted by molar-refractivity contribution is 0.414. The van der Waals surface area contributed by atoms with E-state index in [4.69, 9.17) is 4.74 Å². The Balaban J connectivity index is 1.63. The molecule has 0 saturated heterocycles. The fourth-order valence-corrected chi connectivity index (χ4v) is 3.21. The minimum atomic E-state index is 0.0502. The maximum atomic E-state index is 5.30. The van der Waals surface area contributed by atoms with Gasteiger partial charge >= 0.3 is 0 Å². The van der Waals surface area contributed by atoms with Crippen molar-refractivity contribution < 1.29 is 4.74 Å². The van der Waals surface area contributed by atoms with Crippen LogP contribution < -0.4 is 10.1 Å². The Bertz CT molecular complexity index is 1140. The molecule has 0 aliphatic rings. The Morgan fingerprint density at radius 3 is 2.75 bits per heavy atom. The molecule has 1 aromatic carbocycles. The molecule has 0 aliphatic carbocycles. The predicted molar refractivity (Wildman–Crippen MR) is 109 cm³/mol. The van der Waals surface area contributed by atoms with Crippen molar-refractivity contribution in [3.63, 3.8) is 0 Å². The highest BCUT2D eigenvalue weighted by Crippen LogP contribution is 2.24. The number of hydrogen-bond acceptors (Lipinski definition) is 5. The van der Waals surface area contributed by atoms with Crippen LogP contribution in [0.1, 0.15) is 35.5 Å². The third kappa shape index (κ3) is 3.19. The van der Waals surface area contributed by atoms with Gasteiger partial charge in [-0.1, -0.05) is 6.07 Å². The van der Waals surface area contributed by atoms with E-state index in [1.165, 1.54) is 0 Å². The van der Waals surface area contributed by atoms with Crippen molar-refractivity contribution >= 4 is 11.5 Å². The van der Waals surface area contributed by atoms with Crippen molar-refractivity contribution in [2.75, 3.05) is 12.4 Å². The van der Waals surface area contributed by atoms with Crippen LogP contribution in [-0.4, -0.2) is 31.5 Å². The molecule has 0 unspecified atom stereocenters. The second-order valence-corrected chi connectivity index (χ2v) is 7.01. The van der Waals surface area contributed by atoms with E-state index in [9.17, 15) is 0 Å². The van der Waals surface area contributed by atoms with Crippen LogP contribution in [0, 0.1) is 20.8 Å². The van der Waals surface area contributed by atoms with E-state index in [0.29, 0.717) is 0 Å².